The highest BCUT2D eigenvalue weighted by atomic mass is 19.4. The average Bonchev–Trinajstić information content (AvgIpc) is 2.79. The molecule has 1 aromatic rings. The predicted octanol–water partition coefficient (Wildman–Crippen LogP) is 2.04. The Morgan fingerprint density at radius 3 is 2.64 bits per heavy atom. The van der Waals surface area contributed by atoms with Crippen molar-refractivity contribution >= 4 is 17.5 Å². The van der Waals surface area contributed by atoms with Crippen molar-refractivity contribution in [1.82, 2.24) is 5.32 Å². The zero-order valence-corrected chi connectivity index (χ0v) is 11.5. The van der Waals surface area contributed by atoms with Gasteiger partial charge in [0.15, 0.2) is 0 Å². The molecule has 1 aromatic carbocycles. The van der Waals surface area contributed by atoms with E-state index in [0.29, 0.717) is 6.07 Å². The molecule has 1 saturated heterocycles. The van der Waals surface area contributed by atoms with E-state index in [1.807, 2.05) is 0 Å². The Morgan fingerprint density at radius 1 is 1.45 bits per heavy atom. The van der Waals surface area contributed by atoms with E-state index in [9.17, 15) is 22.8 Å². The van der Waals surface area contributed by atoms with Gasteiger partial charge in [-0.2, -0.15) is 18.4 Å². The molecule has 0 spiro atoms. The normalized spacial score (nSPS) is 21.1. The molecule has 8 heteroatoms. The Labute approximate surface area is 124 Å². The van der Waals surface area contributed by atoms with Crippen LogP contribution < -0.4 is 10.6 Å². The number of rotatable bonds is 2. The summed E-state index contributed by atoms with van der Waals surface area (Å²) in [6, 6.07) is 4.40. The number of anilines is 1. The summed E-state index contributed by atoms with van der Waals surface area (Å²) >= 11 is 0. The van der Waals surface area contributed by atoms with Crippen LogP contribution in [-0.4, -0.2) is 18.4 Å². The molecular weight excluding hydrogens is 299 g/mol. The molecular formula is C14H12F3N3O2. The van der Waals surface area contributed by atoms with Crippen molar-refractivity contribution in [2.24, 2.45) is 5.41 Å². The van der Waals surface area contributed by atoms with Crippen LogP contribution in [0, 0.1) is 16.7 Å². The van der Waals surface area contributed by atoms with Crippen LogP contribution in [0.15, 0.2) is 18.2 Å². The lowest BCUT2D eigenvalue weighted by Gasteiger charge is -2.21. The number of hydrogen-bond donors (Lipinski definition) is 2. The van der Waals surface area contributed by atoms with Crippen LogP contribution in [0.3, 0.4) is 0 Å². The Balaban J connectivity index is 2.26. The van der Waals surface area contributed by atoms with Crippen molar-refractivity contribution in [2.75, 3.05) is 11.9 Å². The maximum absolute atomic E-state index is 12.9. The quantitative estimate of drug-likeness (QED) is 0.877. The number of amides is 2. The summed E-state index contributed by atoms with van der Waals surface area (Å²) in [4.78, 5) is 23.4. The Bertz CT molecular complexity index is 679. The lowest BCUT2D eigenvalue weighted by molar-refractivity contribution is -0.137. The SMILES string of the molecule is CC1(C(=O)Nc2ccc(C#N)c(C(F)(F)F)c2)CNC(=O)C1. The van der Waals surface area contributed by atoms with Crippen molar-refractivity contribution in [3.63, 3.8) is 0 Å². The fourth-order valence-corrected chi connectivity index (χ4v) is 2.17. The summed E-state index contributed by atoms with van der Waals surface area (Å²) in [7, 11) is 0. The number of carbonyl (C=O) groups excluding carboxylic acids is 2. The van der Waals surface area contributed by atoms with E-state index in [0.717, 1.165) is 6.07 Å². The lowest BCUT2D eigenvalue weighted by Crippen LogP contribution is -2.35. The molecule has 22 heavy (non-hydrogen) atoms. The molecule has 2 amide bonds. The summed E-state index contributed by atoms with van der Waals surface area (Å²) in [5, 5.41) is 13.6. The first-order chi connectivity index (χ1) is 10.2. The summed E-state index contributed by atoms with van der Waals surface area (Å²) in [5.41, 5.74) is -2.71. The second-order valence-corrected chi connectivity index (χ2v) is 5.34. The molecule has 0 aromatic heterocycles. The second-order valence-electron chi connectivity index (χ2n) is 5.34. The summed E-state index contributed by atoms with van der Waals surface area (Å²) < 4.78 is 38.6. The molecule has 2 N–H and O–H groups in total. The third kappa shape index (κ3) is 3.03. The van der Waals surface area contributed by atoms with E-state index in [1.54, 1.807) is 6.92 Å². The van der Waals surface area contributed by atoms with E-state index in [2.05, 4.69) is 10.6 Å². The van der Waals surface area contributed by atoms with Gasteiger partial charge in [-0.3, -0.25) is 9.59 Å². The van der Waals surface area contributed by atoms with Crippen molar-refractivity contribution in [3.8, 4) is 6.07 Å². The highest BCUT2D eigenvalue weighted by Crippen LogP contribution is 2.34. The third-order valence-electron chi connectivity index (χ3n) is 3.48. The number of carbonyl (C=O) groups is 2. The second kappa shape index (κ2) is 5.33. The third-order valence-corrected chi connectivity index (χ3v) is 3.48. The highest BCUT2D eigenvalue weighted by molar-refractivity contribution is 6.00. The Hall–Kier alpha value is -2.56. The molecule has 0 aliphatic carbocycles. The van der Waals surface area contributed by atoms with Gasteiger partial charge in [-0.15, -0.1) is 0 Å². The Kier molecular flexibility index (Phi) is 3.83. The van der Waals surface area contributed by atoms with Gasteiger partial charge in [0.25, 0.3) is 0 Å². The number of nitrogens with one attached hydrogen (secondary N) is 2. The van der Waals surface area contributed by atoms with Crippen molar-refractivity contribution in [1.29, 1.82) is 5.26 Å². The molecule has 1 heterocycles. The molecule has 0 bridgehead atoms. The number of alkyl halides is 3. The minimum absolute atomic E-state index is 0.0265. The van der Waals surface area contributed by atoms with E-state index >= 15 is 0 Å². The summed E-state index contributed by atoms with van der Waals surface area (Å²) in [6.45, 7) is 1.68. The first kappa shape index (κ1) is 15.8. The molecule has 2 rings (SSSR count). The van der Waals surface area contributed by atoms with E-state index < -0.39 is 28.6 Å². The van der Waals surface area contributed by atoms with Crippen molar-refractivity contribution in [3.05, 3.63) is 29.3 Å². The van der Waals surface area contributed by atoms with Gasteiger partial charge in [0, 0.05) is 18.7 Å². The zero-order chi connectivity index (χ0) is 16.5. The summed E-state index contributed by atoms with van der Waals surface area (Å²) in [5.74, 6) is -0.836. The average molecular weight is 311 g/mol. The van der Waals surface area contributed by atoms with E-state index in [4.69, 9.17) is 5.26 Å². The number of hydrogen-bond acceptors (Lipinski definition) is 3. The molecule has 0 radical (unpaired) electrons. The topological polar surface area (TPSA) is 82.0 Å². The minimum atomic E-state index is -4.69. The standard InChI is InChI=1S/C14H12F3N3O2/c1-13(5-11(21)19-7-13)12(22)20-9-3-2-8(6-18)10(4-9)14(15,16)17/h2-4H,5,7H2,1H3,(H,19,21)(H,20,22). The number of nitriles is 1. The van der Waals surface area contributed by atoms with Crippen LogP contribution in [-0.2, 0) is 15.8 Å². The molecule has 0 saturated carbocycles. The molecule has 116 valence electrons. The fraction of sp³-hybridized carbons (Fsp3) is 0.357. The largest absolute Gasteiger partial charge is 0.417 e. The number of halogens is 3. The summed E-state index contributed by atoms with van der Waals surface area (Å²) in [6.07, 6.45) is -4.72. The number of benzene rings is 1. The fourth-order valence-electron chi connectivity index (χ4n) is 2.17. The minimum Gasteiger partial charge on any atom is -0.355 e. The number of nitrogens with zero attached hydrogens (tertiary/aromatic N) is 1. The first-order valence-corrected chi connectivity index (χ1v) is 6.35. The monoisotopic (exact) mass is 311 g/mol. The first-order valence-electron chi connectivity index (χ1n) is 6.35. The van der Waals surface area contributed by atoms with Gasteiger partial charge in [0.2, 0.25) is 11.8 Å². The van der Waals surface area contributed by atoms with Crippen LogP contribution in [0.2, 0.25) is 0 Å². The molecule has 1 aliphatic heterocycles. The van der Waals surface area contributed by atoms with Crippen LogP contribution in [0.4, 0.5) is 18.9 Å². The van der Waals surface area contributed by atoms with Gasteiger partial charge < -0.3 is 10.6 Å². The van der Waals surface area contributed by atoms with Crippen molar-refractivity contribution < 1.29 is 22.8 Å². The molecule has 1 unspecified atom stereocenters. The van der Waals surface area contributed by atoms with Gasteiger partial charge in [0.05, 0.1) is 22.6 Å². The molecule has 5 nitrogen and oxygen atoms in total. The lowest BCUT2D eigenvalue weighted by atomic mass is 9.88. The van der Waals surface area contributed by atoms with Gasteiger partial charge in [-0.25, -0.2) is 0 Å². The van der Waals surface area contributed by atoms with Gasteiger partial charge in [-0.1, -0.05) is 0 Å². The molecule has 1 aliphatic rings. The van der Waals surface area contributed by atoms with Crippen molar-refractivity contribution in [2.45, 2.75) is 19.5 Å². The smallest absolute Gasteiger partial charge is 0.355 e. The van der Waals surface area contributed by atoms with Crippen LogP contribution in [0.1, 0.15) is 24.5 Å². The maximum Gasteiger partial charge on any atom is 0.417 e. The predicted molar refractivity (Wildman–Crippen MR) is 70.5 cm³/mol. The van der Waals surface area contributed by atoms with Gasteiger partial charge >= 0.3 is 6.18 Å². The van der Waals surface area contributed by atoms with E-state index in [-0.39, 0.29) is 24.6 Å². The van der Waals surface area contributed by atoms with Crippen LogP contribution >= 0.6 is 0 Å². The molecule has 1 atom stereocenters. The highest BCUT2D eigenvalue weighted by Gasteiger charge is 2.41. The van der Waals surface area contributed by atoms with Gasteiger partial charge in [-0.05, 0) is 25.1 Å². The Morgan fingerprint density at radius 2 is 2.14 bits per heavy atom. The van der Waals surface area contributed by atoms with Crippen LogP contribution in [0.5, 0.6) is 0 Å². The van der Waals surface area contributed by atoms with E-state index in [1.165, 1.54) is 12.1 Å². The zero-order valence-electron chi connectivity index (χ0n) is 11.5. The molecule has 1 fully saturated rings. The van der Waals surface area contributed by atoms with Gasteiger partial charge in [0.1, 0.15) is 0 Å². The van der Waals surface area contributed by atoms with Crippen LogP contribution in [0.25, 0.3) is 0 Å². The maximum atomic E-state index is 12.9.